The molecule has 1 N–H and O–H groups in total. The van der Waals surface area contributed by atoms with Crippen molar-refractivity contribution < 1.29 is 4.39 Å². The molecule has 0 saturated carbocycles. The van der Waals surface area contributed by atoms with Gasteiger partial charge in [0.15, 0.2) is 0 Å². The van der Waals surface area contributed by atoms with Crippen LogP contribution in [0.4, 0.5) is 4.39 Å². The summed E-state index contributed by atoms with van der Waals surface area (Å²) in [5.74, 6) is -0.207. The molecule has 0 bridgehead atoms. The van der Waals surface area contributed by atoms with E-state index >= 15 is 0 Å². The van der Waals surface area contributed by atoms with E-state index in [4.69, 9.17) is 0 Å². The van der Waals surface area contributed by atoms with E-state index < -0.39 is 0 Å². The van der Waals surface area contributed by atoms with E-state index in [2.05, 4.69) is 21.2 Å². The average Bonchev–Trinajstić information content (AvgIpc) is 2.09. The summed E-state index contributed by atoms with van der Waals surface area (Å²) < 4.78 is 13.9. The molecule has 0 aliphatic rings. The standard InChI is InChI=1S/C10H11BrFN/c1-13-6-2-3-8-4-5-9(11)7-10(8)12/h2-5,7,13H,6H2,1H3/b3-2+. The van der Waals surface area contributed by atoms with Gasteiger partial charge in [-0.3, -0.25) is 0 Å². The maximum absolute atomic E-state index is 13.2. The SMILES string of the molecule is CNC/C=C/c1ccc(Br)cc1F. The molecular formula is C10H11BrFN. The van der Waals surface area contributed by atoms with E-state index in [0.29, 0.717) is 5.56 Å². The lowest BCUT2D eigenvalue weighted by Gasteiger charge is -1.97. The highest BCUT2D eigenvalue weighted by Gasteiger charge is 1.97. The lowest BCUT2D eigenvalue weighted by Crippen LogP contribution is -2.03. The molecule has 0 saturated heterocycles. The zero-order chi connectivity index (χ0) is 9.68. The Hall–Kier alpha value is -0.670. The lowest BCUT2D eigenvalue weighted by molar-refractivity contribution is 0.624. The number of benzene rings is 1. The van der Waals surface area contributed by atoms with Gasteiger partial charge in [0.05, 0.1) is 0 Å². The Morgan fingerprint density at radius 1 is 1.54 bits per heavy atom. The molecule has 70 valence electrons. The molecule has 13 heavy (non-hydrogen) atoms. The van der Waals surface area contributed by atoms with Crippen molar-refractivity contribution in [3.05, 3.63) is 40.1 Å². The summed E-state index contributed by atoms with van der Waals surface area (Å²) in [6, 6.07) is 5.02. The maximum Gasteiger partial charge on any atom is 0.131 e. The van der Waals surface area contributed by atoms with Gasteiger partial charge < -0.3 is 5.32 Å². The van der Waals surface area contributed by atoms with E-state index in [1.165, 1.54) is 6.07 Å². The molecule has 0 aliphatic carbocycles. The van der Waals surface area contributed by atoms with Gasteiger partial charge in [0.2, 0.25) is 0 Å². The van der Waals surface area contributed by atoms with Crippen molar-refractivity contribution in [1.29, 1.82) is 0 Å². The lowest BCUT2D eigenvalue weighted by atomic mass is 10.2. The first-order chi connectivity index (χ1) is 6.24. The highest BCUT2D eigenvalue weighted by molar-refractivity contribution is 9.10. The Morgan fingerprint density at radius 2 is 2.31 bits per heavy atom. The molecule has 0 heterocycles. The van der Waals surface area contributed by atoms with Crippen LogP contribution in [0.5, 0.6) is 0 Å². The smallest absolute Gasteiger partial charge is 0.131 e. The average molecular weight is 244 g/mol. The first kappa shape index (κ1) is 10.4. The normalized spacial score (nSPS) is 11.0. The van der Waals surface area contributed by atoms with E-state index in [9.17, 15) is 4.39 Å². The third-order valence-electron chi connectivity index (χ3n) is 1.58. The number of hydrogen-bond donors (Lipinski definition) is 1. The van der Waals surface area contributed by atoms with E-state index in [0.717, 1.165) is 11.0 Å². The second kappa shape index (κ2) is 5.14. The fraction of sp³-hybridized carbons (Fsp3) is 0.200. The van der Waals surface area contributed by atoms with Gasteiger partial charge in [-0.25, -0.2) is 4.39 Å². The molecule has 0 atom stereocenters. The van der Waals surface area contributed by atoms with Gasteiger partial charge in [-0.05, 0) is 19.2 Å². The summed E-state index contributed by atoms with van der Waals surface area (Å²) in [7, 11) is 1.85. The van der Waals surface area contributed by atoms with Gasteiger partial charge in [-0.1, -0.05) is 34.1 Å². The summed E-state index contributed by atoms with van der Waals surface area (Å²) in [4.78, 5) is 0. The van der Waals surface area contributed by atoms with Crippen LogP contribution in [0.3, 0.4) is 0 Å². The van der Waals surface area contributed by atoms with Crippen molar-refractivity contribution in [3.8, 4) is 0 Å². The minimum Gasteiger partial charge on any atom is -0.316 e. The van der Waals surface area contributed by atoms with Crippen LogP contribution in [0.25, 0.3) is 6.08 Å². The van der Waals surface area contributed by atoms with Crippen LogP contribution in [0.2, 0.25) is 0 Å². The molecule has 0 aromatic heterocycles. The van der Waals surface area contributed by atoms with E-state index in [1.807, 2.05) is 19.2 Å². The summed E-state index contributed by atoms with van der Waals surface area (Å²) in [6.45, 7) is 0.746. The van der Waals surface area contributed by atoms with Crippen LogP contribution >= 0.6 is 15.9 Å². The Morgan fingerprint density at radius 3 is 2.92 bits per heavy atom. The van der Waals surface area contributed by atoms with E-state index in [1.54, 1.807) is 12.1 Å². The van der Waals surface area contributed by atoms with Crippen molar-refractivity contribution in [2.75, 3.05) is 13.6 Å². The van der Waals surface area contributed by atoms with Crippen molar-refractivity contribution in [1.82, 2.24) is 5.32 Å². The third-order valence-corrected chi connectivity index (χ3v) is 2.08. The van der Waals surface area contributed by atoms with Gasteiger partial charge in [-0.2, -0.15) is 0 Å². The largest absolute Gasteiger partial charge is 0.316 e. The highest BCUT2D eigenvalue weighted by atomic mass is 79.9. The molecule has 1 aromatic carbocycles. The predicted molar refractivity (Wildman–Crippen MR) is 57.1 cm³/mol. The van der Waals surface area contributed by atoms with Gasteiger partial charge in [0, 0.05) is 16.6 Å². The van der Waals surface area contributed by atoms with Gasteiger partial charge in [-0.15, -0.1) is 0 Å². The molecule has 0 spiro atoms. The minimum atomic E-state index is -0.207. The number of hydrogen-bond acceptors (Lipinski definition) is 1. The molecule has 3 heteroatoms. The number of rotatable bonds is 3. The van der Waals surface area contributed by atoms with Crippen molar-refractivity contribution in [3.63, 3.8) is 0 Å². The Balaban J connectivity index is 2.77. The molecule has 0 unspecified atom stereocenters. The van der Waals surface area contributed by atoms with Crippen LogP contribution in [0, 0.1) is 5.82 Å². The molecular weight excluding hydrogens is 233 g/mol. The molecule has 0 fully saturated rings. The van der Waals surface area contributed by atoms with Crippen LogP contribution < -0.4 is 5.32 Å². The van der Waals surface area contributed by atoms with Crippen LogP contribution in [0.15, 0.2) is 28.7 Å². The van der Waals surface area contributed by atoms with Gasteiger partial charge in [0.25, 0.3) is 0 Å². The van der Waals surface area contributed by atoms with Crippen molar-refractivity contribution >= 4 is 22.0 Å². The van der Waals surface area contributed by atoms with Gasteiger partial charge >= 0.3 is 0 Å². The summed E-state index contributed by atoms with van der Waals surface area (Å²) in [6.07, 6.45) is 3.64. The first-order valence-electron chi connectivity index (χ1n) is 4.00. The summed E-state index contributed by atoms with van der Waals surface area (Å²) in [5.41, 5.74) is 0.610. The summed E-state index contributed by atoms with van der Waals surface area (Å²) >= 11 is 3.20. The molecule has 0 amide bonds. The zero-order valence-corrected chi connectivity index (χ0v) is 8.94. The number of halogens is 2. The second-order valence-corrected chi connectivity index (χ2v) is 3.54. The maximum atomic E-state index is 13.2. The predicted octanol–water partition coefficient (Wildman–Crippen LogP) is 2.82. The highest BCUT2D eigenvalue weighted by Crippen LogP contribution is 2.15. The van der Waals surface area contributed by atoms with Gasteiger partial charge in [0.1, 0.15) is 5.82 Å². The Kier molecular flexibility index (Phi) is 4.12. The fourth-order valence-electron chi connectivity index (χ4n) is 0.940. The Labute approximate surface area is 85.8 Å². The molecule has 0 aliphatic heterocycles. The van der Waals surface area contributed by atoms with E-state index in [-0.39, 0.29) is 5.82 Å². The van der Waals surface area contributed by atoms with Crippen LogP contribution in [0.1, 0.15) is 5.56 Å². The molecule has 1 aromatic rings. The minimum absolute atomic E-state index is 0.207. The number of nitrogens with one attached hydrogen (secondary N) is 1. The van der Waals surface area contributed by atoms with Crippen molar-refractivity contribution in [2.24, 2.45) is 0 Å². The third kappa shape index (κ3) is 3.28. The molecule has 0 radical (unpaired) electrons. The fourth-order valence-corrected chi connectivity index (χ4v) is 1.27. The Bertz CT molecular complexity index is 310. The quantitative estimate of drug-likeness (QED) is 0.862. The second-order valence-electron chi connectivity index (χ2n) is 2.63. The molecule has 1 rings (SSSR count). The van der Waals surface area contributed by atoms with Crippen LogP contribution in [-0.2, 0) is 0 Å². The zero-order valence-electron chi connectivity index (χ0n) is 7.35. The first-order valence-corrected chi connectivity index (χ1v) is 4.79. The van der Waals surface area contributed by atoms with Crippen molar-refractivity contribution in [2.45, 2.75) is 0 Å². The monoisotopic (exact) mass is 243 g/mol. The number of likely N-dealkylation sites (N-methyl/N-ethyl adjacent to an activating group) is 1. The van der Waals surface area contributed by atoms with Crippen LogP contribution in [-0.4, -0.2) is 13.6 Å². The molecule has 1 nitrogen and oxygen atoms in total. The topological polar surface area (TPSA) is 12.0 Å². The summed E-state index contributed by atoms with van der Waals surface area (Å²) in [5, 5.41) is 2.95.